The lowest BCUT2D eigenvalue weighted by molar-refractivity contribution is 0.143. The van der Waals surface area contributed by atoms with Crippen LogP contribution in [0.5, 0.6) is 0 Å². The normalized spacial score (nSPS) is 21.8. The summed E-state index contributed by atoms with van der Waals surface area (Å²) in [7, 11) is 0. The molecular weight excluding hydrogens is 326 g/mol. The third kappa shape index (κ3) is 4.31. The Labute approximate surface area is 154 Å². The fraction of sp³-hybridized carbons (Fsp3) is 0.579. The van der Waals surface area contributed by atoms with Crippen LogP contribution in [0.3, 0.4) is 0 Å². The van der Waals surface area contributed by atoms with E-state index in [0.717, 1.165) is 19.4 Å². The summed E-state index contributed by atoms with van der Waals surface area (Å²) in [5, 5.41) is 20.2. The summed E-state index contributed by atoms with van der Waals surface area (Å²) < 4.78 is 1.85. The van der Waals surface area contributed by atoms with Gasteiger partial charge in [0, 0.05) is 25.0 Å². The number of hydrogen-bond donors (Lipinski definition) is 2. The van der Waals surface area contributed by atoms with E-state index in [0.29, 0.717) is 41.2 Å². The first-order valence-corrected chi connectivity index (χ1v) is 9.23. The van der Waals surface area contributed by atoms with E-state index in [2.05, 4.69) is 52.5 Å². The standard InChI is InChI=1S/C19H27N7/c1-14-5-6-16(11-19(14,2)3)24-17-15(12-20)13-22-18(25-17)21-8-10-26-9-4-7-23-26/h4,7,9,13-14,16H,5-6,8,10-11H2,1-3H3,(H2,21,22,24,25)/t14-,16+/m0/s1. The lowest BCUT2D eigenvalue weighted by atomic mass is 9.68. The summed E-state index contributed by atoms with van der Waals surface area (Å²) in [6.45, 7) is 8.36. The van der Waals surface area contributed by atoms with E-state index in [4.69, 9.17) is 0 Å². The minimum Gasteiger partial charge on any atom is -0.366 e. The average Bonchev–Trinajstić information content (AvgIpc) is 3.12. The third-order valence-electron chi connectivity index (χ3n) is 5.49. The fourth-order valence-electron chi connectivity index (χ4n) is 3.47. The first-order valence-electron chi connectivity index (χ1n) is 9.23. The van der Waals surface area contributed by atoms with Crippen LogP contribution >= 0.6 is 0 Å². The Bertz CT molecular complexity index is 761. The topological polar surface area (TPSA) is 91.4 Å². The van der Waals surface area contributed by atoms with E-state index in [9.17, 15) is 5.26 Å². The van der Waals surface area contributed by atoms with Crippen molar-refractivity contribution in [2.24, 2.45) is 11.3 Å². The molecule has 1 aliphatic carbocycles. The second kappa shape index (κ2) is 7.73. The summed E-state index contributed by atoms with van der Waals surface area (Å²) >= 11 is 0. The van der Waals surface area contributed by atoms with Crippen LogP contribution in [-0.4, -0.2) is 32.3 Å². The van der Waals surface area contributed by atoms with Crippen molar-refractivity contribution in [3.8, 4) is 6.07 Å². The molecule has 1 saturated carbocycles. The van der Waals surface area contributed by atoms with Crippen molar-refractivity contribution in [3.63, 3.8) is 0 Å². The number of hydrogen-bond acceptors (Lipinski definition) is 6. The number of aromatic nitrogens is 4. The van der Waals surface area contributed by atoms with Crippen molar-refractivity contribution < 1.29 is 0 Å². The van der Waals surface area contributed by atoms with Crippen molar-refractivity contribution in [2.75, 3.05) is 17.2 Å². The SMILES string of the molecule is C[C@H]1CC[C@@H](Nc2nc(NCCn3cccn3)ncc2C#N)CC1(C)C. The van der Waals surface area contributed by atoms with Crippen molar-refractivity contribution in [1.82, 2.24) is 19.7 Å². The number of nitrogens with one attached hydrogen (secondary N) is 2. The molecule has 2 N–H and O–H groups in total. The zero-order valence-corrected chi connectivity index (χ0v) is 15.7. The summed E-state index contributed by atoms with van der Waals surface area (Å²) in [5.41, 5.74) is 0.777. The average molecular weight is 353 g/mol. The Morgan fingerprint density at radius 3 is 2.92 bits per heavy atom. The van der Waals surface area contributed by atoms with Crippen molar-refractivity contribution >= 4 is 11.8 Å². The lowest BCUT2D eigenvalue weighted by Crippen LogP contribution is -2.37. The second-order valence-electron chi connectivity index (χ2n) is 7.78. The van der Waals surface area contributed by atoms with Gasteiger partial charge in [-0.15, -0.1) is 0 Å². The maximum atomic E-state index is 9.38. The van der Waals surface area contributed by atoms with Gasteiger partial charge >= 0.3 is 0 Å². The quantitative estimate of drug-likeness (QED) is 0.828. The van der Waals surface area contributed by atoms with E-state index in [1.807, 2.05) is 16.9 Å². The maximum Gasteiger partial charge on any atom is 0.224 e. The third-order valence-corrected chi connectivity index (χ3v) is 5.49. The van der Waals surface area contributed by atoms with Gasteiger partial charge in [-0.25, -0.2) is 4.98 Å². The number of anilines is 2. The predicted molar refractivity (Wildman–Crippen MR) is 102 cm³/mol. The van der Waals surface area contributed by atoms with Crippen LogP contribution < -0.4 is 10.6 Å². The maximum absolute atomic E-state index is 9.38. The van der Waals surface area contributed by atoms with E-state index in [-0.39, 0.29) is 0 Å². The van der Waals surface area contributed by atoms with Crippen LogP contribution in [0.4, 0.5) is 11.8 Å². The van der Waals surface area contributed by atoms with Gasteiger partial charge in [0.2, 0.25) is 5.95 Å². The van der Waals surface area contributed by atoms with Gasteiger partial charge in [-0.3, -0.25) is 4.68 Å². The van der Waals surface area contributed by atoms with Crippen LogP contribution in [0.15, 0.2) is 24.7 Å². The fourth-order valence-corrected chi connectivity index (χ4v) is 3.47. The molecule has 1 aliphatic rings. The van der Waals surface area contributed by atoms with Gasteiger partial charge in [-0.05, 0) is 36.7 Å². The molecule has 2 atom stereocenters. The lowest BCUT2D eigenvalue weighted by Gasteiger charge is -2.41. The van der Waals surface area contributed by atoms with Gasteiger partial charge in [-0.1, -0.05) is 20.8 Å². The molecule has 2 aromatic heterocycles. The van der Waals surface area contributed by atoms with Crippen molar-refractivity contribution in [2.45, 2.75) is 52.6 Å². The van der Waals surface area contributed by atoms with E-state index in [1.165, 1.54) is 6.42 Å². The Kier molecular flexibility index (Phi) is 5.40. The summed E-state index contributed by atoms with van der Waals surface area (Å²) in [6.07, 6.45) is 8.62. The van der Waals surface area contributed by atoms with Crippen LogP contribution in [0.2, 0.25) is 0 Å². The largest absolute Gasteiger partial charge is 0.366 e. The highest BCUT2D eigenvalue weighted by Crippen LogP contribution is 2.41. The molecule has 0 unspecified atom stereocenters. The molecule has 0 aromatic carbocycles. The Morgan fingerprint density at radius 2 is 2.23 bits per heavy atom. The highest BCUT2D eigenvalue weighted by molar-refractivity contribution is 5.54. The molecule has 0 aliphatic heterocycles. The highest BCUT2D eigenvalue weighted by atomic mass is 15.3. The molecule has 26 heavy (non-hydrogen) atoms. The molecule has 2 heterocycles. The minimum atomic E-state index is 0.292. The van der Waals surface area contributed by atoms with Gasteiger partial charge in [0.25, 0.3) is 0 Å². The van der Waals surface area contributed by atoms with Gasteiger partial charge < -0.3 is 10.6 Å². The van der Waals surface area contributed by atoms with Crippen LogP contribution in [0, 0.1) is 22.7 Å². The molecule has 138 valence electrons. The second-order valence-corrected chi connectivity index (χ2v) is 7.78. The smallest absolute Gasteiger partial charge is 0.224 e. The van der Waals surface area contributed by atoms with Crippen LogP contribution in [0.1, 0.15) is 45.6 Å². The van der Waals surface area contributed by atoms with E-state index < -0.39 is 0 Å². The molecule has 0 amide bonds. The zero-order valence-electron chi connectivity index (χ0n) is 15.7. The summed E-state index contributed by atoms with van der Waals surface area (Å²) in [5.74, 6) is 1.86. The molecule has 0 spiro atoms. The van der Waals surface area contributed by atoms with E-state index >= 15 is 0 Å². The number of nitrogens with zero attached hydrogens (tertiary/aromatic N) is 5. The molecule has 7 nitrogen and oxygen atoms in total. The molecule has 3 rings (SSSR count). The highest BCUT2D eigenvalue weighted by Gasteiger charge is 2.34. The molecular formula is C19H27N7. The van der Waals surface area contributed by atoms with Gasteiger partial charge in [0.05, 0.1) is 12.7 Å². The zero-order chi connectivity index (χ0) is 18.6. The van der Waals surface area contributed by atoms with E-state index in [1.54, 1.807) is 12.4 Å². The Hall–Kier alpha value is -2.62. The monoisotopic (exact) mass is 353 g/mol. The molecule has 7 heteroatoms. The molecule has 1 fully saturated rings. The van der Waals surface area contributed by atoms with Crippen LogP contribution in [-0.2, 0) is 6.54 Å². The number of rotatable bonds is 6. The molecule has 2 aromatic rings. The van der Waals surface area contributed by atoms with Crippen LogP contribution in [0.25, 0.3) is 0 Å². The van der Waals surface area contributed by atoms with Crippen molar-refractivity contribution in [1.29, 1.82) is 5.26 Å². The minimum absolute atomic E-state index is 0.292. The molecule has 0 radical (unpaired) electrons. The van der Waals surface area contributed by atoms with Gasteiger partial charge in [0.1, 0.15) is 17.5 Å². The van der Waals surface area contributed by atoms with Gasteiger partial charge in [-0.2, -0.15) is 15.3 Å². The first kappa shape index (κ1) is 18.2. The molecule has 0 saturated heterocycles. The predicted octanol–water partition coefficient (Wildman–Crippen LogP) is 3.28. The first-order chi connectivity index (χ1) is 12.5. The summed E-state index contributed by atoms with van der Waals surface area (Å²) in [6, 6.07) is 4.42. The van der Waals surface area contributed by atoms with Gasteiger partial charge in [0.15, 0.2) is 0 Å². The van der Waals surface area contributed by atoms with Crippen molar-refractivity contribution in [3.05, 3.63) is 30.2 Å². The molecule has 0 bridgehead atoms. The Morgan fingerprint density at radius 1 is 1.38 bits per heavy atom. The Balaban J connectivity index is 1.65. The summed E-state index contributed by atoms with van der Waals surface area (Å²) in [4.78, 5) is 8.79. The number of nitriles is 1.